The summed E-state index contributed by atoms with van der Waals surface area (Å²) in [6.07, 6.45) is 0. The molecule has 0 aliphatic carbocycles. The number of thiocarbonyl (C=S) groups is 1. The van der Waals surface area contributed by atoms with Gasteiger partial charge >= 0.3 is 5.97 Å². The first-order valence-corrected chi connectivity index (χ1v) is 5.89. The summed E-state index contributed by atoms with van der Waals surface area (Å²) < 4.78 is 18.4. The van der Waals surface area contributed by atoms with Crippen LogP contribution in [0.4, 0.5) is 10.1 Å². The summed E-state index contributed by atoms with van der Waals surface area (Å²) in [6.45, 7) is 3.62. The van der Waals surface area contributed by atoms with Gasteiger partial charge in [0.25, 0.3) is 0 Å². The normalized spacial score (nSPS) is 11.7. The fourth-order valence-corrected chi connectivity index (χ4v) is 1.66. The summed E-state index contributed by atoms with van der Waals surface area (Å²) in [6, 6.07) is 3.76. The number of nitrogens with one attached hydrogen (secondary N) is 1. The van der Waals surface area contributed by atoms with Crippen molar-refractivity contribution in [1.29, 1.82) is 0 Å². The minimum Gasteiger partial charge on any atom is -0.464 e. The van der Waals surface area contributed by atoms with E-state index in [0.29, 0.717) is 5.69 Å². The van der Waals surface area contributed by atoms with Gasteiger partial charge in [-0.3, -0.25) is 0 Å². The van der Waals surface area contributed by atoms with E-state index < -0.39 is 17.8 Å². The van der Waals surface area contributed by atoms with Crippen molar-refractivity contribution < 1.29 is 13.9 Å². The number of hydrogen-bond acceptors (Lipinski definition) is 4. The lowest BCUT2D eigenvalue weighted by molar-refractivity contribution is -0.143. The molecular formula is C12H15FN2O2S. The molecule has 1 rings (SSSR count). The highest BCUT2D eigenvalue weighted by Gasteiger charge is 2.17. The van der Waals surface area contributed by atoms with Crippen LogP contribution >= 0.6 is 12.2 Å². The Morgan fingerprint density at radius 1 is 1.61 bits per heavy atom. The van der Waals surface area contributed by atoms with Gasteiger partial charge in [-0.15, -0.1) is 0 Å². The Labute approximate surface area is 110 Å². The SMILES string of the molecule is CCOC(=O)C(C)Nc1cccc(F)c1C(N)=S. The zero-order chi connectivity index (χ0) is 13.7. The Balaban J connectivity index is 2.94. The van der Waals surface area contributed by atoms with Crippen LogP contribution in [0.5, 0.6) is 0 Å². The summed E-state index contributed by atoms with van der Waals surface area (Å²) in [7, 11) is 0. The zero-order valence-electron chi connectivity index (χ0n) is 10.2. The number of rotatable bonds is 5. The highest BCUT2D eigenvalue weighted by molar-refractivity contribution is 7.80. The topological polar surface area (TPSA) is 64.3 Å². The second-order valence-corrected chi connectivity index (χ2v) is 4.08. The molecule has 3 N–H and O–H groups in total. The van der Waals surface area contributed by atoms with Gasteiger partial charge in [0.15, 0.2) is 0 Å². The number of carbonyl (C=O) groups is 1. The first-order valence-electron chi connectivity index (χ1n) is 5.48. The number of benzene rings is 1. The molecule has 98 valence electrons. The monoisotopic (exact) mass is 270 g/mol. The van der Waals surface area contributed by atoms with Gasteiger partial charge in [0.2, 0.25) is 0 Å². The molecule has 0 bridgehead atoms. The molecule has 0 aliphatic rings. The van der Waals surface area contributed by atoms with Crippen molar-refractivity contribution in [2.24, 2.45) is 5.73 Å². The van der Waals surface area contributed by atoms with Crippen LogP contribution in [0, 0.1) is 5.82 Å². The van der Waals surface area contributed by atoms with Crippen molar-refractivity contribution >= 4 is 28.9 Å². The van der Waals surface area contributed by atoms with Gasteiger partial charge < -0.3 is 15.8 Å². The molecule has 18 heavy (non-hydrogen) atoms. The van der Waals surface area contributed by atoms with Crippen LogP contribution in [-0.4, -0.2) is 23.6 Å². The molecule has 0 saturated carbocycles. The summed E-state index contributed by atoms with van der Waals surface area (Å²) in [5, 5.41) is 2.84. The molecule has 0 spiro atoms. The number of anilines is 1. The molecule has 0 heterocycles. The van der Waals surface area contributed by atoms with Crippen molar-refractivity contribution in [1.82, 2.24) is 0 Å². The predicted octanol–water partition coefficient (Wildman–Crippen LogP) is 1.82. The van der Waals surface area contributed by atoms with E-state index in [2.05, 4.69) is 5.32 Å². The minimum absolute atomic E-state index is 0.0633. The molecule has 1 unspecified atom stereocenters. The zero-order valence-corrected chi connectivity index (χ0v) is 11.0. The van der Waals surface area contributed by atoms with Crippen LogP contribution in [0.3, 0.4) is 0 Å². The van der Waals surface area contributed by atoms with Crippen molar-refractivity contribution in [2.75, 3.05) is 11.9 Å². The number of hydrogen-bond donors (Lipinski definition) is 2. The first-order chi connectivity index (χ1) is 8.47. The Kier molecular flexibility index (Phi) is 5.03. The Morgan fingerprint density at radius 2 is 2.28 bits per heavy atom. The molecule has 0 fully saturated rings. The molecule has 1 atom stereocenters. The third-order valence-corrected chi connectivity index (χ3v) is 2.48. The van der Waals surface area contributed by atoms with Crippen LogP contribution < -0.4 is 11.1 Å². The lowest BCUT2D eigenvalue weighted by Crippen LogP contribution is -2.29. The maximum Gasteiger partial charge on any atom is 0.328 e. The quantitative estimate of drug-likeness (QED) is 0.631. The molecule has 0 saturated heterocycles. The fourth-order valence-electron chi connectivity index (χ4n) is 1.45. The van der Waals surface area contributed by atoms with E-state index in [1.807, 2.05) is 0 Å². The van der Waals surface area contributed by atoms with Gasteiger partial charge in [0.05, 0.1) is 12.2 Å². The number of halogens is 1. The first kappa shape index (κ1) is 14.4. The van der Waals surface area contributed by atoms with Crippen molar-refractivity contribution in [2.45, 2.75) is 19.9 Å². The van der Waals surface area contributed by atoms with Crippen LogP contribution in [0.1, 0.15) is 19.4 Å². The molecule has 6 heteroatoms. The fraction of sp³-hybridized carbons (Fsp3) is 0.333. The second-order valence-electron chi connectivity index (χ2n) is 3.64. The van der Waals surface area contributed by atoms with Crippen LogP contribution in [-0.2, 0) is 9.53 Å². The van der Waals surface area contributed by atoms with Crippen LogP contribution in [0.25, 0.3) is 0 Å². The summed E-state index contributed by atoms with van der Waals surface area (Å²) in [5.41, 5.74) is 5.94. The second kappa shape index (κ2) is 6.30. The van der Waals surface area contributed by atoms with E-state index in [9.17, 15) is 9.18 Å². The van der Waals surface area contributed by atoms with Gasteiger partial charge in [-0.2, -0.15) is 0 Å². The van der Waals surface area contributed by atoms with E-state index in [0.717, 1.165) is 0 Å². The van der Waals surface area contributed by atoms with E-state index in [1.165, 1.54) is 12.1 Å². The van der Waals surface area contributed by atoms with Gasteiger partial charge in [0.1, 0.15) is 16.8 Å². The molecule has 0 aromatic heterocycles. The Bertz CT molecular complexity index is 465. The molecule has 0 aliphatic heterocycles. The van der Waals surface area contributed by atoms with Crippen molar-refractivity contribution in [3.63, 3.8) is 0 Å². The molecule has 0 amide bonds. The standard InChI is InChI=1S/C12H15FN2O2S/c1-3-17-12(16)7(2)15-9-6-4-5-8(13)10(9)11(14)18/h4-7,15H,3H2,1-2H3,(H2,14,18). The van der Waals surface area contributed by atoms with E-state index in [1.54, 1.807) is 19.9 Å². The average molecular weight is 270 g/mol. The van der Waals surface area contributed by atoms with E-state index in [4.69, 9.17) is 22.7 Å². The summed E-state index contributed by atoms with van der Waals surface area (Å²) in [5.74, 6) is -0.945. The van der Waals surface area contributed by atoms with E-state index in [-0.39, 0.29) is 17.2 Å². The Morgan fingerprint density at radius 3 is 2.83 bits per heavy atom. The van der Waals surface area contributed by atoms with Crippen LogP contribution in [0.2, 0.25) is 0 Å². The Hall–Kier alpha value is -1.69. The molecular weight excluding hydrogens is 255 g/mol. The summed E-state index contributed by atoms with van der Waals surface area (Å²) in [4.78, 5) is 11.4. The number of nitrogens with two attached hydrogens (primary N) is 1. The minimum atomic E-state index is -0.611. The van der Waals surface area contributed by atoms with Crippen molar-refractivity contribution in [3.05, 3.63) is 29.6 Å². The van der Waals surface area contributed by atoms with Gasteiger partial charge in [-0.05, 0) is 26.0 Å². The third-order valence-electron chi connectivity index (χ3n) is 2.27. The highest BCUT2D eigenvalue weighted by atomic mass is 32.1. The molecule has 0 radical (unpaired) electrons. The summed E-state index contributed by atoms with van der Waals surface area (Å²) >= 11 is 4.79. The van der Waals surface area contributed by atoms with Gasteiger partial charge in [-0.1, -0.05) is 18.3 Å². The molecule has 1 aromatic carbocycles. The molecule has 1 aromatic rings. The van der Waals surface area contributed by atoms with Crippen LogP contribution in [0.15, 0.2) is 18.2 Å². The van der Waals surface area contributed by atoms with Crippen molar-refractivity contribution in [3.8, 4) is 0 Å². The maximum absolute atomic E-state index is 13.6. The lowest BCUT2D eigenvalue weighted by atomic mass is 10.1. The maximum atomic E-state index is 13.6. The van der Waals surface area contributed by atoms with Gasteiger partial charge in [-0.25, -0.2) is 9.18 Å². The average Bonchev–Trinajstić information content (AvgIpc) is 2.28. The largest absolute Gasteiger partial charge is 0.464 e. The number of ether oxygens (including phenoxy) is 1. The van der Waals surface area contributed by atoms with Gasteiger partial charge in [0, 0.05) is 5.69 Å². The smallest absolute Gasteiger partial charge is 0.328 e. The predicted molar refractivity (Wildman–Crippen MR) is 72.0 cm³/mol. The third kappa shape index (κ3) is 3.40. The highest BCUT2D eigenvalue weighted by Crippen LogP contribution is 2.19. The number of carbonyl (C=O) groups excluding carboxylic acids is 1. The van der Waals surface area contributed by atoms with E-state index >= 15 is 0 Å². The molecule has 4 nitrogen and oxygen atoms in total. The number of esters is 1. The lowest BCUT2D eigenvalue weighted by Gasteiger charge is -2.16.